The van der Waals surface area contributed by atoms with E-state index in [2.05, 4.69) is 12.2 Å². The molecule has 2 rings (SSSR count). The first kappa shape index (κ1) is 15.2. The molecule has 0 aliphatic heterocycles. The summed E-state index contributed by atoms with van der Waals surface area (Å²) in [6, 6.07) is 9.90. The highest BCUT2D eigenvalue weighted by atomic mass is 35.5. The zero-order valence-corrected chi connectivity index (χ0v) is 13.3. The minimum Gasteiger partial charge on any atom is -0.497 e. The monoisotopic (exact) mass is 311 g/mol. The fraction of sp³-hybridized carbons (Fsp3) is 0.333. The Kier molecular flexibility index (Phi) is 5.29. The van der Waals surface area contributed by atoms with Crippen LogP contribution in [0.4, 0.5) is 0 Å². The molecule has 0 amide bonds. The van der Waals surface area contributed by atoms with Crippen molar-refractivity contribution >= 4 is 22.9 Å². The second-order valence-corrected chi connectivity index (χ2v) is 5.99. The lowest BCUT2D eigenvalue weighted by atomic mass is 10.0. The van der Waals surface area contributed by atoms with Gasteiger partial charge in [0, 0.05) is 16.5 Å². The van der Waals surface area contributed by atoms with Crippen LogP contribution in [-0.2, 0) is 0 Å². The molecule has 0 aliphatic rings. The molecule has 108 valence electrons. The van der Waals surface area contributed by atoms with Crippen LogP contribution in [0.1, 0.15) is 23.4 Å². The SMILES string of the molecule is CCNC(c1ccc(Cl)s1)c1ccc(OC)cc1OC. The summed E-state index contributed by atoms with van der Waals surface area (Å²) in [5.74, 6) is 1.59. The standard InChI is InChI=1S/C15H18ClNO2S/c1-4-17-15(13-7-8-14(16)20-13)11-6-5-10(18-2)9-12(11)19-3/h5-9,15,17H,4H2,1-3H3. The Balaban J connectivity index is 2.43. The number of ether oxygens (including phenoxy) is 2. The van der Waals surface area contributed by atoms with Crippen molar-refractivity contribution in [1.29, 1.82) is 0 Å². The van der Waals surface area contributed by atoms with Crippen LogP contribution in [0.15, 0.2) is 30.3 Å². The van der Waals surface area contributed by atoms with Crippen LogP contribution in [-0.4, -0.2) is 20.8 Å². The molecule has 0 spiro atoms. The molecule has 0 aliphatic carbocycles. The zero-order valence-electron chi connectivity index (χ0n) is 11.8. The van der Waals surface area contributed by atoms with Crippen LogP contribution < -0.4 is 14.8 Å². The molecule has 1 heterocycles. The van der Waals surface area contributed by atoms with Gasteiger partial charge < -0.3 is 14.8 Å². The van der Waals surface area contributed by atoms with Gasteiger partial charge >= 0.3 is 0 Å². The largest absolute Gasteiger partial charge is 0.497 e. The Labute approximate surface area is 128 Å². The van der Waals surface area contributed by atoms with E-state index in [4.69, 9.17) is 21.1 Å². The van der Waals surface area contributed by atoms with Crippen molar-refractivity contribution in [2.24, 2.45) is 0 Å². The number of halogens is 1. The maximum Gasteiger partial charge on any atom is 0.127 e. The van der Waals surface area contributed by atoms with E-state index in [0.29, 0.717) is 0 Å². The molecule has 0 bridgehead atoms. The Morgan fingerprint density at radius 2 is 2.00 bits per heavy atom. The van der Waals surface area contributed by atoms with Crippen LogP contribution in [0.2, 0.25) is 4.34 Å². The van der Waals surface area contributed by atoms with Crippen LogP contribution in [0.5, 0.6) is 11.5 Å². The van der Waals surface area contributed by atoms with Gasteiger partial charge in [-0.15, -0.1) is 11.3 Å². The van der Waals surface area contributed by atoms with E-state index in [0.717, 1.165) is 27.9 Å². The summed E-state index contributed by atoms with van der Waals surface area (Å²) < 4.78 is 11.5. The normalized spacial score (nSPS) is 12.2. The number of hydrogen-bond acceptors (Lipinski definition) is 4. The number of methoxy groups -OCH3 is 2. The number of benzene rings is 1. The van der Waals surface area contributed by atoms with Gasteiger partial charge in [0.05, 0.1) is 24.6 Å². The molecular formula is C15H18ClNO2S. The number of thiophene rings is 1. The molecule has 20 heavy (non-hydrogen) atoms. The lowest BCUT2D eigenvalue weighted by molar-refractivity contribution is 0.388. The van der Waals surface area contributed by atoms with Gasteiger partial charge in [-0.3, -0.25) is 0 Å². The summed E-state index contributed by atoms with van der Waals surface area (Å²) in [6.45, 7) is 2.94. The van der Waals surface area contributed by atoms with Gasteiger partial charge in [-0.1, -0.05) is 18.5 Å². The molecule has 0 saturated heterocycles. The first-order valence-electron chi connectivity index (χ1n) is 6.40. The predicted octanol–water partition coefficient (Wildman–Crippen LogP) is 4.12. The van der Waals surface area contributed by atoms with Gasteiger partial charge in [-0.25, -0.2) is 0 Å². The molecule has 2 aromatic rings. The molecule has 1 atom stereocenters. The minimum atomic E-state index is 0.0679. The Morgan fingerprint density at radius 3 is 2.55 bits per heavy atom. The highest BCUT2D eigenvalue weighted by Gasteiger charge is 2.19. The van der Waals surface area contributed by atoms with Gasteiger partial charge in [0.1, 0.15) is 11.5 Å². The predicted molar refractivity (Wildman–Crippen MR) is 84.4 cm³/mol. The molecule has 1 aromatic carbocycles. The molecule has 0 radical (unpaired) electrons. The summed E-state index contributed by atoms with van der Waals surface area (Å²) in [6.07, 6.45) is 0. The second kappa shape index (κ2) is 6.97. The fourth-order valence-electron chi connectivity index (χ4n) is 2.11. The van der Waals surface area contributed by atoms with Crippen molar-refractivity contribution in [2.45, 2.75) is 13.0 Å². The molecule has 3 nitrogen and oxygen atoms in total. The average Bonchev–Trinajstić information content (AvgIpc) is 2.90. The topological polar surface area (TPSA) is 30.5 Å². The van der Waals surface area contributed by atoms with Crippen molar-refractivity contribution in [3.8, 4) is 11.5 Å². The molecule has 0 fully saturated rings. The van der Waals surface area contributed by atoms with E-state index in [1.165, 1.54) is 4.88 Å². The van der Waals surface area contributed by atoms with E-state index < -0.39 is 0 Å². The first-order chi connectivity index (χ1) is 9.69. The van der Waals surface area contributed by atoms with Crippen LogP contribution >= 0.6 is 22.9 Å². The quantitative estimate of drug-likeness (QED) is 0.870. The third-order valence-corrected chi connectivity index (χ3v) is 4.33. The lowest BCUT2D eigenvalue weighted by Gasteiger charge is -2.20. The van der Waals surface area contributed by atoms with E-state index in [9.17, 15) is 0 Å². The second-order valence-electron chi connectivity index (χ2n) is 4.24. The number of nitrogens with one attached hydrogen (secondary N) is 1. The molecule has 5 heteroatoms. The highest BCUT2D eigenvalue weighted by molar-refractivity contribution is 7.16. The van der Waals surface area contributed by atoms with Gasteiger partial charge in [0.25, 0.3) is 0 Å². The average molecular weight is 312 g/mol. The number of rotatable bonds is 6. The minimum absolute atomic E-state index is 0.0679. The van der Waals surface area contributed by atoms with Crippen molar-refractivity contribution < 1.29 is 9.47 Å². The maximum absolute atomic E-state index is 6.05. The van der Waals surface area contributed by atoms with Crippen LogP contribution in [0, 0.1) is 0 Å². The highest BCUT2D eigenvalue weighted by Crippen LogP contribution is 2.36. The maximum atomic E-state index is 6.05. The van der Waals surface area contributed by atoms with Gasteiger partial charge in [-0.05, 0) is 30.8 Å². The summed E-state index contributed by atoms with van der Waals surface area (Å²) in [7, 11) is 3.32. The van der Waals surface area contributed by atoms with Gasteiger partial charge in [0.15, 0.2) is 0 Å². The van der Waals surface area contributed by atoms with Crippen LogP contribution in [0.25, 0.3) is 0 Å². The number of hydrogen-bond donors (Lipinski definition) is 1. The summed E-state index contributed by atoms with van der Waals surface area (Å²) in [5, 5.41) is 3.47. The molecule has 1 unspecified atom stereocenters. The Morgan fingerprint density at radius 1 is 1.20 bits per heavy atom. The van der Waals surface area contributed by atoms with Crippen molar-refractivity contribution in [2.75, 3.05) is 20.8 Å². The summed E-state index contributed by atoms with van der Waals surface area (Å²) >= 11 is 7.63. The fourth-order valence-corrected chi connectivity index (χ4v) is 3.26. The smallest absolute Gasteiger partial charge is 0.127 e. The van der Waals surface area contributed by atoms with Gasteiger partial charge in [0.2, 0.25) is 0 Å². The first-order valence-corrected chi connectivity index (χ1v) is 7.59. The van der Waals surface area contributed by atoms with E-state index in [1.54, 1.807) is 25.6 Å². The third kappa shape index (κ3) is 3.26. The van der Waals surface area contributed by atoms with Gasteiger partial charge in [-0.2, -0.15) is 0 Å². The molecule has 1 N–H and O–H groups in total. The molecule has 0 saturated carbocycles. The van der Waals surface area contributed by atoms with Crippen molar-refractivity contribution in [3.63, 3.8) is 0 Å². The van der Waals surface area contributed by atoms with Crippen molar-refractivity contribution in [1.82, 2.24) is 5.32 Å². The zero-order chi connectivity index (χ0) is 14.5. The lowest BCUT2D eigenvalue weighted by Crippen LogP contribution is -2.21. The van der Waals surface area contributed by atoms with Crippen molar-refractivity contribution in [3.05, 3.63) is 45.1 Å². The Hall–Kier alpha value is -1.23. The molecule has 1 aromatic heterocycles. The van der Waals surface area contributed by atoms with Crippen LogP contribution in [0.3, 0.4) is 0 Å². The van der Waals surface area contributed by atoms with E-state index in [-0.39, 0.29) is 6.04 Å². The van der Waals surface area contributed by atoms with E-state index in [1.807, 2.05) is 30.3 Å². The summed E-state index contributed by atoms with van der Waals surface area (Å²) in [5.41, 5.74) is 1.08. The summed E-state index contributed by atoms with van der Waals surface area (Å²) in [4.78, 5) is 1.17. The molecular weight excluding hydrogens is 294 g/mol. The Bertz CT molecular complexity index is 571. The third-order valence-electron chi connectivity index (χ3n) is 3.04. The van der Waals surface area contributed by atoms with E-state index >= 15 is 0 Å².